The topological polar surface area (TPSA) is 104 Å². The summed E-state index contributed by atoms with van der Waals surface area (Å²) in [6.07, 6.45) is 0.0677. The minimum absolute atomic E-state index is 0.264. The van der Waals surface area contributed by atoms with Crippen LogP contribution in [0.5, 0.6) is 0 Å². The van der Waals surface area contributed by atoms with Crippen molar-refractivity contribution in [1.29, 1.82) is 0 Å². The Morgan fingerprint density at radius 3 is 2.95 bits per heavy atom. The summed E-state index contributed by atoms with van der Waals surface area (Å²) >= 11 is 0. The number of benzene rings is 1. The first-order valence-corrected chi connectivity index (χ1v) is 6.74. The molecule has 2 heterocycles. The number of nitrogens with one attached hydrogen (secondary N) is 2. The maximum Gasteiger partial charge on any atom is 0.332 e. The zero-order valence-electron chi connectivity index (χ0n) is 11.2. The second kappa shape index (κ2) is 5.53. The molecule has 1 aliphatic rings. The van der Waals surface area contributed by atoms with Crippen LogP contribution in [0, 0.1) is 0 Å². The summed E-state index contributed by atoms with van der Waals surface area (Å²) in [6, 6.07) is 7.36. The molecule has 1 aromatic heterocycles. The van der Waals surface area contributed by atoms with Crippen molar-refractivity contribution in [3.63, 3.8) is 0 Å². The molecule has 0 radical (unpaired) electrons. The summed E-state index contributed by atoms with van der Waals surface area (Å²) < 4.78 is 5.34. The number of fused-ring (bicyclic) bond motifs is 1. The molecule has 7 heteroatoms. The molecule has 7 nitrogen and oxygen atoms in total. The van der Waals surface area contributed by atoms with E-state index in [0.717, 1.165) is 10.9 Å². The first-order chi connectivity index (χ1) is 10.1. The fourth-order valence-electron chi connectivity index (χ4n) is 2.46. The number of hydrogen-bond acceptors (Lipinski definition) is 4. The fourth-order valence-corrected chi connectivity index (χ4v) is 2.46. The number of aromatic nitrogens is 2. The Kier molecular flexibility index (Phi) is 3.57. The Balaban J connectivity index is 1.61. The SMILES string of the molecule is O=C(NCC1CCC(C(=O)O)O1)c1n[nH]c2ccccc12. The van der Waals surface area contributed by atoms with E-state index >= 15 is 0 Å². The number of carbonyl (C=O) groups is 2. The fraction of sp³-hybridized carbons (Fsp3) is 0.357. The number of aromatic amines is 1. The number of rotatable bonds is 4. The molecular weight excluding hydrogens is 274 g/mol. The van der Waals surface area contributed by atoms with Gasteiger partial charge in [0, 0.05) is 11.9 Å². The van der Waals surface area contributed by atoms with Crippen LogP contribution in [-0.2, 0) is 9.53 Å². The van der Waals surface area contributed by atoms with Gasteiger partial charge in [-0.05, 0) is 18.9 Å². The number of hydrogen-bond donors (Lipinski definition) is 3. The second-order valence-corrected chi connectivity index (χ2v) is 4.99. The van der Waals surface area contributed by atoms with E-state index in [2.05, 4.69) is 15.5 Å². The number of carbonyl (C=O) groups excluding carboxylic acids is 1. The van der Waals surface area contributed by atoms with Gasteiger partial charge in [0.2, 0.25) is 0 Å². The number of H-pyrrole nitrogens is 1. The molecule has 1 saturated heterocycles. The van der Waals surface area contributed by atoms with Crippen LogP contribution in [0.15, 0.2) is 24.3 Å². The molecule has 0 spiro atoms. The van der Waals surface area contributed by atoms with Gasteiger partial charge in [-0.25, -0.2) is 4.79 Å². The third-order valence-electron chi connectivity index (χ3n) is 3.56. The summed E-state index contributed by atoms with van der Waals surface area (Å²) in [5, 5.41) is 19.2. The lowest BCUT2D eigenvalue weighted by Crippen LogP contribution is -2.33. The van der Waals surface area contributed by atoms with Crippen LogP contribution in [0.3, 0.4) is 0 Å². The lowest BCUT2D eigenvalue weighted by molar-refractivity contribution is -0.149. The Bertz CT molecular complexity index is 682. The molecule has 1 amide bonds. The van der Waals surface area contributed by atoms with Gasteiger partial charge in [0.1, 0.15) is 0 Å². The molecule has 3 N–H and O–H groups in total. The largest absolute Gasteiger partial charge is 0.479 e. The zero-order valence-corrected chi connectivity index (χ0v) is 11.2. The molecule has 21 heavy (non-hydrogen) atoms. The summed E-state index contributed by atoms with van der Waals surface area (Å²) in [6.45, 7) is 0.282. The van der Waals surface area contributed by atoms with Gasteiger partial charge in [0.25, 0.3) is 5.91 Å². The van der Waals surface area contributed by atoms with Gasteiger partial charge >= 0.3 is 5.97 Å². The predicted octanol–water partition coefficient (Wildman–Crippen LogP) is 0.925. The maximum atomic E-state index is 12.1. The van der Waals surface area contributed by atoms with Gasteiger partial charge < -0.3 is 15.2 Å². The predicted molar refractivity (Wildman–Crippen MR) is 74.0 cm³/mol. The highest BCUT2D eigenvalue weighted by Gasteiger charge is 2.30. The lowest BCUT2D eigenvalue weighted by Gasteiger charge is -2.11. The maximum absolute atomic E-state index is 12.1. The molecule has 3 rings (SSSR count). The van der Waals surface area contributed by atoms with Gasteiger partial charge in [0.05, 0.1) is 11.6 Å². The Morgan fingerprint density at radius 2 is 2.19 bits per heavy atom. The van der Waals surface area contributed by atoms with Gasteiger partial charge in [-0.15, -0.1) is 0 Å². The highest BCUT2D eigenvalue weighted by atomic mass is 16.5. The monoisotopic (exact) mass is 289 g/mol. The first-order valence-electron chi connectivity index (χ1n) is 6.74. The van der Waals surface area contributed by atoms with Crippen LogP contribution in [-0.4, -0.2) is 45.9 Å². The average molecular weight is 289 g/mol. The number of ether oxygens (including phenoxy) is 1. The summed E-state index contributed by atoms with van der Waals surface area (Å²) in [5.74, 6) is -1.25. The van der Waals surface area contributed by atoms with Crippen molar-refractivity contribution in [3.8, 4) is 0 Å². The standard InChI is InChI=1S/C14H15N3O4/c18-13(12-9-3-1-2-4-10(9)16-17-12)15-7-8-5-6-11(21-8)14(19)20/h1-4,8,11H,5-7H2,(H,15,18)(H,16,17)(H,19,20). The Morgan fingerprint density at radius 1 is 1.38 bits per heavy atom. The van der Waals surface area contributed by atoms with E-state index in [-0.39, 0.29) is 18.6 Å². The van der Waals surface area contributed by atoms with Crippen LogP contribution >= 0.6 is 0 Å². The molecule has 2 unspecified atom stereocenters. The third kappa shape index (κ3) is 2.73. The average Bonchev–Trinajstić information content (AvgIpc) is 3.11. The molecule has 0 bridgehead atoms. The van der Waals surface area contributed by atoms with Crippen molar-refractivity contribution in [2.75, 3.05) is 6.54 Å². The van der Waals surface area contributed by atoms with Gasteiger partial charge in [-0.3, -0.25) is 9.89 Å². The van der Waals surface area contributed by atoms with Crippen molar-refractivity contribution in [2.24, 2.45) is 0 Å². The summed E-state index contributed by atoms with van der Waals surface area (Å²) in [4.78, 5) is 22.9. The minimum atomic E-state index is -0.956. The normalized spacial score (nSPS) is 21.5. The number of para-hydroxylation sites is 1. The van der Waals surface area contributed by atoms with E-state index in [4.69, 9.17) is 9.84 Å². The van der Waals surface area contributed by atoms with E-state index in [1.807, 2.05) is 24.3 Å². The molecule has 1 aromatic carbocycles. The highest BCUT2D eigenvalue weighted by molar-refractivity contribution is 6.04. The molecule has 1 fully saturated rings. The molecule has 0 saturated carbocycles. The zero-order chi connectivity index (χ0) is 14.8. The van der Waals surface area contributed by atoms with Crippen molar-refractivity contribution >= 4 is 22.8 Å². The van der Waals surface area contributed by atoms with Crippen LogP contribution in [0.1, 0.15) is 23.3 Å². The van der Waals surface area contributed by atoms with E-state index in [9.17, 15) is 9.59 Å². The molecule has 2 aromatic rings. The van der Waals surface area contributed by atoms with Crippen LogP contribution in [0.4, 0.5) is 0 Å². The molecule has 0 aliphatic carbocycles. The number of carboxylic acid groups (broad SMARTS) is 1. The number of nitrogens with zero attached hydrogens (tertiary/aromatic N) is 1. The van der Waals surface area contributed by atoms with E-state index in [1.165, 1.54) is 0 Å². The molecule has 2 atom stereocenters. The first kappa shape index (κ1) is 13.6. The van der Waals surface area contributed by atoms with Crippen molar-refractivity contribution in [1.82, 2.24) is 15.5 Å². The number of amides is 1. The van der Waals surface area contributed by atoms with E-state index in [1.54, 1.807) is 0 Å². The van der Waals surface area contributed by atoms with Gasteiger partial charge in [0.15, 0.2) is 11.8 Å². The van der Waals surface area contributed by atoms with Gasteiger partial charge in [-0.2, -0.15) is 5.10 Å². The van der Waals surface area contributed by atoms with Crippen molar-refractivity contribution in [3.05, 3.63) is 30.0 Å². The smallest absolute Gasteiger partial charge is 0.332 e. The molecular formula is C14H15N3O4. The minimum Gasteiger partial charge on any atom is -0.479 e. The van der Waals surface area contributed by atoms with Crippen molar-refractivity contribution < 1.29 is 19.4 Å². The van der Waals surface area contributed by atoms with Crippen LogP contribution < -0.4 is 5.32 Å². The molecule has 1 aliphatic heterocycles. The van der Waals surface area contributed by atoms with Crippen molar-refractivity contribution in [2.45, 2.75) is 25.0 Å². The van der Waals surface area contributed by atoms with Gasteiger partial charge in [-0.1, -0.05) is 18.2 Å². The van der Waals surface area contributed by atoms with E-state index in [0.29, 0.717) is 18.5 Å². The lowest BCUT2D eigenvalue weighted by atomic mass is 10.2. The second-order valence-electron chi connectivity index (χ2n) is 4.99. The quantitative estimate of drug-likeness (QED) is 0.776. The van der Waals surface area contributed by atoms with Crippen LogP contribution in [0.25, 0.3) is 10.9 Å². The Labute approximate surface area is 120 Å². The number of carboxylic acids is 1. The number of aliphatic carboxylic acids is 1. The highest BCUT2D eigenvalue weighted by Crippen LogP contribution is 2.19. The van der Waals surface area contributed by atoms with Crippen LogP contribution in [0.2, 0.25) is 0 Å². The summed E-state index contributed by atoms with van der Waals surface area (Å²) in [5.41, 5.74) is 1.13. The summed E-state index contributed by atoms with van der Waals surface area (Å²) in [7, 11) is 0. The van der Waals surface area contributed by atoms with E-state index < -0.39 is 12.1 Å². The Hall–Kier alpha value is -2.41. The molecule has 110 valence electrons. The third-order valence-corrected chi connectivity index (χ3v) is 3.56.